The lowest BCUT2D eigenvalue weighted by Crippen LogP contribution is -1.97. The van der Waals surface area contributed by atoms with Crippen LogP contribution < -0.4 is 0 Å². The Bertz CT molecular complexity index is 3510. The molecule has 0 heterocycles. The van der Waals surface area contributed by atoms with Crippen LogP contribution >= 0.6 is 0 Å². The smallest absolute Gasteiger partial charge is 0.0622 e. The zero-order valence-corrected chi connectivity index (χ0v) is 27.6. The minimum atomic E-state index is -0.720. The highest BCUT2D eigenvalue weighted by Crippen LogP contribution is 2.51. The summed E-state index contributed by atoms with van der Waals surface area (Å²) in [4.78, 5) is 0. The summed E-state index contributed by atoms with van der Waals surface area (Å²) in [6.45, 7) is 0. The Labute approximate surface area is 322 Å². The standard InChI is InChI=1S/C52H34/c1-4-17-35(18-5-1)48-33-39(41-29-16-30-42-40-24-11-10-21-37(40)31-32-43(41)42)34-49(36-19-6-2-7-20-36)52(48)51-46-27-14-12-25-44(46)50(38-22-8-3-9-23-38)45-26-13-15-28-47(45)51/h1-34H/i3D,8D,9D,12D,13D,14D,15D,22D,23D,25D,26D,27D,28D. The van der Waals surface area contributed by atoms with Gasteiger partial charge in [0, 0.05) is 0 Å². The maximum atomic E-state index is 9.70. The highest BCUT2D eigenvalue weighted by Gasteiger charge is 2.23. The second kappa shape index (κ2) is 12.5. The Hall–Kier alpha value is -6.76. The molecule has 0 saturated heterocycles. The van der Waals surface area contributed by atoms with Crippen LogP contribution in [0.5, 0.6) is 0 Å². The lowest BCUT2D eigenvalue weighted by molar-refractivity contribution is 1.57. The second-order valence-electron chi connectivity index (χ2n) is 12.6. The van der Waals surface area contributed by atoms with Gasteiger partial charge in [-0.05, 0) is 111 Å². The van der Waals surface area contributed by atoms with Gasteiger partial charge in [-0.15, -0.1) is 0 Å². The van der Waals surface area contributed by atoms with Crippen molar-refractivity contribution in [2.45, 2.75) is 0 Å². The van der Waals surface area contributed by atoms with E-state index in [-0.39, 0.29) is 32.7 Å². The molecule has 0 aliphatic rings. The highest BCUT2D eigenvalue weighted by atomic mass is 14.3. The number of benzene rings is 10. The third-order valence-corrected chi connectivity index (χ3v) is 9.78. The van der Waals surface area contributed by atoms with Gasteiger partial charge in [0.15, 0.2) is 0 Å². The Morgan fingerprint density at radius 2 is 0.788 bits per heavy atom. The van der Waals surface area contributed by atoms with Gasteiger partial charge < -0.3 is 0 Å². The number of rotatable bonds is 5. The molecule has 10 aromatic rings. The van der Waals surface area contributed by atoms with Crippen LogP contribution in [0.3, 0.4) is 0 Å². The van der Waals surface area contributed by atoms with Crippen LogP contribution in [0.4, 0.5) is 0 Å². The molecule has 0 heteroatoms. The molecule has 10 aromatic carbocycles. The number of hydrogen-bond donors (Lipinski definition) is 0. The molecular formula is C52H34. The lowest BCUT2D eigenvalue weighted by atomic mass is 9.79. The monoisotopic (exact) mass is 671 g/mol. The predicted octanol–water partition coefficient (Wildman–Crippen LogP) is 14.6. The van der Waals surface area contributed by atoms with Crippen molar-refractivity contribution in [3.8, 4) is 55.6 Å². The van der Waals surface area contributed by atoms with Gasteiger partial charge in [0.2, 0.25) is 0 Å². The fourth-order valence-electron chi connectivity index (χ4n) is 7.55. The van der Waals surface area contributed by atoms with Gasteiger partial charge >= 0.3 is 0 Å². The summed E-state index contributed by atoms with van der Waals surface area (Å²) >= 11 is 0. The van der Waals surface area contributed by atoms with E-state index in [4.69, 9.17) is 12.3 Å². The Morgan fingerprint density at radius 3 is 1.40 bits per heavy atom. The first-order valence-electron chi connectivity index (χ1n) is 23.5. The molecule has 0 aliphatic carbocycles. The van der Waals surface area contributed by atoms with Crippen molar-refractivity contribution in [1.82, 2.24) is 0 Å². The summed E-state index contributed by atoms with van der Waals surface area (Å²) in [5.74, 6) is 0. The highest BCUT2D eigenvalue weighted by molar-refractivity contribution is 6.24. The molecule has 52 heavy (non-hydrogen) atoms. The maximum Gasteiger partial charge on any atom is 0.0629 e. The second-order valence-corrected chi connectivity index (χ2v) is 12.6. The molecule has 0 fully saturated rings. The molecule has 0 atom stereocenters. The first-order valence-corrected chi connectivity index (χ1v) is 17.0. The van der Waals surface area contributed by atoms with E-state index in [1.807, 2.05) is 97.1 Å². The fourth-order valence-corrected chi connectivity index (χ4v) is 7.55. The first kappa shape index (κ1) is 19.6. The average molecular weight is 672 g/mol. The predicted molar refractivity (Wildman–Crippen MR) is 224 cm³/mol. The molecule has 0 saturated carbocycles. The van der Waals surface area contributed by atoms with E-state index in [2.05, 4.69) is 30.3 Å². The van der Waals surface area contributed by atoms with Crippen molar-refractivity contribution < 1.29 is 17.8 Å². The summed E-state index contributed by atoms with van der Waals surface area (Å²) < 4.78 is 118. The van der Waals surface area contributed by atoms with E-state index < -0.39 is 84.1 Å². The molecule has 0 aliphatic heterocycles. The Balaban J connectivity index is 1.50. The van der Waals surface area contributed by atoms with Crippen LogP contribution in [-0.4, -0.2) is 0 Å². The zero-order valence-electron chi connectivity index (χ0n) is 40.6. The van der Waals surface area contributed by atoms with Gasteiger partial charge in [-0.25, -0.2) is 0 Å². The van der Waals surface area contributed by atoms with Gasteiger partial charge in [0.25, 0.3) is 0 Å². The van der Waals surface area contributed by atoms with Crippen molar-refractivity contribution in [3.05, 3.63) is 206 Å². The molecule has 242 valence electrons. The van der Waals surface area contributed by atoms with E-state index >= 15 is 0 Å². The van der Waals surface area contributed by atoms with Crippen LogP contribution in [0.2, 0.25) is 0 Å². The molecule has 0 N–H and O–H groups in total. The van der Waals surface area contributed by atoms with Crippen molar-refractivity contribution >= 4 is 43.1 Å². The van der Waals surface area contributed by atoms with E-state index in [1.165, 1.54) is 0 Å². The van der Waals surface area contributed by atoms with Crippen molar-refractivity contribution in [2.24, 2.45) is 0 Å². The van der Waals surface area contributed by atoms with Crippen LogP contribution in [0.25, 0.3) is 98.7 Å². The summed E-state index contributed by atoms with van der Waals surface area (Å²) in [7, 11) is 0. The Kier molecular flexibility index (Phi) is 4.72. The molecule has 0 amide bonds. The van der Waals surface area contributed by atoms with Crippen LogP contribution in [-0.2, 0) is 0 Å². The quantitative estimate of drug-likeness (QED) is 0.126. The summed E-state index contributed by atoms with van der Waals surface area (Å²) in [6, 6.07) is 32.9. The normalized spacial score (nSPS) is 15.0. The zero-order chi connectivity index (χ0) is 45.7. The lowest BCUT2D eigenvalue weighted by Gasteiger charge is -2.24. The molecule has 0 aromatic heterocycles. The van der Waals surface area contributed by atoms with E-state index in [0.717, 1.165) is 32.7 Å². The van der Waals surface area contributed by atoms with Gasteiger partial charge in [0.1, 0.15) is 0 Å². The molecule has 0 bridgehead atoms. The summed E-state index contributed by atoms with van der Waals surface area (Å²) in [6.07, 6.45) is 0. The molecule has 0 nitrogen and oxygen atoms in total. The van der Waals surface area contributed by atoms with E-state index in [1.54, 1.807) is 0 Å². The summed E-state index contributed by atoms with van der Waals surface area (Å²) in [5, 5.41) is 3.38. The molecule has 0 spiro atoms. The van der Waals surface area contributed by atoms with E-state index in [9.17, 15) is 5.48 Å². The van der Waals surface area contributed by atoms with Gasteiger partial charge in [0.05, 0.1) is 17.8 Å². The Morgan fingerprint density at radius 1 is 0.269 bits per heavy atom. The third kappa shape index (κ3) is 4.92. The van der Waals surface area contributed by atoms with Gasteiger partial charge in [-0.3, -0.25) is 0 Å². The first-order chi connectivity index (χ1) is 31.2. The minimum absolute atomic E-state index is 0.0679. The average Bonchev–Trinajstić information content (AvgIpc) is 3.34. The molecule has 10 rings (SSSR count). The SMILES string of the molecule is [2H]c1c([2H])c([2H])c(-c2c3c([2H])c([2H])c([2H])c([2H])c3c(-c3c(-c4ccccc4)cc(-c4cccc5c4ccc4ccccc45)cc3-c3ccccc3)c3c([2H])c([2H])c([2H])c([2H])c23)c([2H])c1[2H]. The van der Waals surface area contributed by atoms with Crippen LogP contribution in [0.1, 0.15) is 17.8 Å². The fraction of sp³-hybridized carbons (Fsp3) is 0. The molecular weight excluding hydrogens is 625 g/mol. The van der Waals surface area contributed by atoms with Crippen LogP contribution in [0, 0.1) is 0 Å². The molecule has 0 unspecified atom stereocenters. The largest absolute Gasteiger partial charge is 0.0629 e. The van der Waals surface area contributed by atoms with Crippen LogP contribution in [0.15, 0.2) is 206 Å². The van der Waals surface area contributed by atoms with Crippen molar-refractivity contribution in [3.63, 3.8) is 0 Å². The molecule has 0 radical (unpaired) electrons. The number of hydrogen-bond acceptors (Lipinski definition) is 0. The van der Waals surface area contributed by atoms with Crippen molar-refractivity contribution in [1.29, 1.82) is 0 Å². The van der Waals surface area contributed by atoms with Crippen molar-refractivity contribution in [2.75, 3.05) is 0 Å². The summed E-state index contributed by atoms with van der Waals surface area (Å²) in [5.41, 5.74) is 3.96. The maximum absolute atomic E-state index is 9.70. The third-order valence-electron chi connectivity index (χ3n) is 9.78. The van der Waals surface area contributed by atoms with Gasteiger partial charge in [-0.1, -0.05) is 194 Å². The van der Waals surface area contributed by atoms with Gasteiger partial charge in [-0.2, -0.15) is 0 Å². The minimum Gasteiger partial charge on any atom is -0.0622 e. The van der Waals surface area contributed by atoms with E-state index in [0.29, 0.717) is 27.8 Å². The number of fused-ring (bicyclic) bond motifs is 5. The topological polar surface area (TPSA) is 0 Å².